The molecule has 0 fully saturated rings. The molecule has 0 saturated carbocycles. The van der Waals surface area contributed by atoms with E-state index in [1.54, 1.807) is 11.3 Å². The van der Waals surface area contributed by atoms with Crippen molar-refractivity contribution in [2.24, 2.45) is 0 Å². The molecule has 1 amide bonds. The molecular formula is C18H18N2OS. The number of rotatable bonds is 5. The number of carbonyl (C=O) groups is 1. The number of benzene rings is 2. The van der Waals surface area contributed by atoms with E-state index in [0.717, 1.165) is 22.6 Å². The number of hydrogen-bond donors (Lipinski definition) is 1. The van der Waals surface area contributed by atoms with E-state index in [1.807, 2.05) is 42.5 Å². The van der Waals surface area contributed by atoms with Gasteiger partial charge in [-0.1, -0.05) is 31.2 Å². The summed E-state index contributed by atoms with van der Waals surface area (Å²) in [5.41, 5.74) is 3.14. The molecule has 22 heavy (non-hydrogen) atoms. The molecule has 0 unspecified atom stereocenters. The summed E-state index contributed by atoms with van der Waals surface area (Å²) in [6, 6.07) is 16.1. The average molecular weight is 310 g/mol. The minimum absolute atomic E-state index is 0.0310. The average Bonchev–Trinajstić information content (AvgIpc) is 2.96. The van der Waals surface area contributed by atoms with E-state index in [0.29, 0.717) is 12.8 Å². The number of fused-ring (bicyclic) bond motifs is 1. The molecule has 0 aliphatic carbocycles. The number of anilines is 1. The third-order valence-electron chi connectivity index (χ3n) is 3.55. The van der Waals surface area contributed by atoms with E-state index < -0.39 is 0 Å². The molecule has 1 aromatic heterocycles. The largest absolute Gasteiger partial charge is 0.326 e. The lowest BCUT2D eigenvalue weighted by Gasteiger charge is -2.05. The van der Waals surface area contributed by atoms with Crippen molar-refractivity contribution in [3.8, 4) is 0 Å². The lowest BCUT2D eigenvalue weighted by Crippen LogP contribution is -2.12. The number of aromatic nitrogens is 1. The van der Waals surface area contributed by atoms with Crippen LogP contribution in [0.25, 0.3) is 10.2 Å². The predicted octanol–water partition coefficient (Wildman–Crippen LogP) is 4.43. The van der Waals surface area contributed by atoms with Gasteiger partial charge >= 0.3 is 0 Å². The van der Waals surface area contributed by atoms with Crippen LogP contribution in [0.15, 0.2) is 48.5 Å². The van der Waals surface area contributed by atoms with Crippen molar-refractivity contribution in [3.63, 3.8) is 0 Å². The van der Waals surface area contributed by atoms with Gasteiger partial charge in [0.2, 0.25) is 5.91 Å². The smallest absolute Gasteiger partial charge is 0.224 e. The van der Waals surface area contributed by atoms with Crippen molar-refractivity contribution in [3.05, 3.63) is 59.1 Å². The van der Waals surface area contributed by atoms with Crippen molar-refractivity contribution in [2.75, 3.05) is 5.32 Å². The molecule has 1 heterocycles. The molecule has 0 aliphatic rings. The van der Waals surface area contributed by atoms with Gasteiger partial charge in [0.25, 0.3) is 0 Å². The third kappa shape index (κ3) is 3.52. The molecule has 3 nitrogen and oxygen atoms in total. The second-order valence-corrected chi connectivity index (χ2v) is 6.29. The normalized spacial score (nSPS) is 10.8. The van der Waals surface area contributed by atoms with Crippen LogP contribution in [-0.2, 0) is 17.6 Å². The zero-order chi connectivity index (χ0) is 15.4. The fourth-order valence-electron chi connectivity index (χ4n) is 2.29. The van der Waals surface area contributed by atoms with Crippen LogP contribution in [0.4, 0.5) is 5.69 Å². The summed E-state index contributed by atoms with van der Waals surface area (Å²) in [6.07, 6.45) is 2.14. The molecule has 112 valence electrons. The molecule has 0 radical (unpaired) electrons. The van der Waals surface area contributed by atoms with Crippen molar-refractivity contribution in [2.45, 2.75) is 26.2 Å². The quantitative estimate of drug-likeness (QED) is 0.757. The minimum Gasteiger partial charge on any atom is -0.326 e. The molecule has 0 atom stereocenters. The van der Waals surface area contributed by atoms with Crippen molar-refractivity contribution in [1.82, 2.24) is 4.98 Å². The summed E-state index contributed by atoms with van der Waals surface area (Å²) in [5.74, 6) is 0.0310. The van der Waals surface area contributed by atoms with Gasteiger partial charge < -0.3 is 5.32 Å². The Morgan fingerprint density at radius 3 is 2.64 bits per heavy atom. The van der Waals surface area contributed by atoms with E-state index in [2.05, 4.69) is 23.3 Å². The molecule has 3 rings (SSSR count). The van der Waals surface area contributed by atoms with E-state index in [-0.39, 0.29) is 5.91 Å². The highest BCUT2D eigenvalue weighted by molar-refractivity contribution is 7.18. The first-order chi connectivity index (χ1) is 10.7. The van der Waals surface area contributed by atoms with E-state index in [1.165, 1.54) is 10.3 Å². The number of amides is 1. The van der Waals surface area contributed by atoms with Gasteiger partial charge in [-0.2, -0.15) is 0 Å². The summed E-state index contributed by atoms with van der Waals surface area (Å²) in [4.78, 5) is 16.6. The van der Waals surface area contributed by atoms with E-state index in [9.17, 15) is 4.79 Å². The second-order valence-electron chi connectivity index (χ2n) is 5.17. The van der Waals surface area contributed by atoms with Crippen LogP contribution in [0.2, 0.25) is 0 Å². The first-order valence-corrected chi connectivity index (χ1v) is 8.29. The van der Waals surface area contributed by atoms with Crippen LogP contribution in [0.1, 0.15) is 23.9 Å². The van der Waals surface area contributed by atoms with Crippen LogP contribution in [-0.4, -0.2) is 10.9 Å². The third-order valence-corrected chi connectivity index (χ3v) is 4.65. The number of aryl methyl sites for hydroxylation is 2. The maximum absolute atomic E-state index is 12.0. The zero-order valence-corrected chi connectivity index (χ0v) is 13.3. The fraction of sp³-hybridized carbons (Fsp3) is 0.222. The lowest BCUT2D eigenvalue weighted by atomic mass is 10.1. The second kappa shape index (κ2) is 6.71. The SMILES string of the molecule is CCc1ccc(NC(=O)CCc2nc3ccccc3s2)cc1. The molecule has 0 bridgehead atoms. The predicted molar refractivity (Wildman–Crippen MR) is 92.4 cm³/mol. The Bertz CT molecular complexity index is 744. The van der Waals surface area contributed by atoms with Crippen LogP contribution >= 0.6 is 11.3 Å². The Morgan fingerprint density at radius 1 is 1.14 bits per heavy atom. The Morgan fingerprint density at radius 2 is 1.91 bits per heavy atom. The Kier molecular flexibility index (Phi) is 4.49. The number of nitrogens with zero attached hydrogens (tertiary/aromatic N) is 1. The topological polar surface area (TPSA) is 42.0 Å². The first-order valence-electron chi connectivity index (χ1n) is 7.48. The summed E-state index contributed by atoms with van der Waals surface area (Å²) in [5, 5.41) is 3.95. The molecule has 3 aromatic rings. The highest BCUT2D eigenvalue weighted by Gasteiger charge is 2.07. The minimum atomic E-state index is 0.0310. The molecule has 4 heteroatoms. The molecule has 1 N–H and O–H groups in total. The van der Waals surface area contributed by atoms with Gasteiger partial charge in [-0.25, -0.2) is 4.98 Å². The maximum Gasteiger partial charge on any atom is 0.224 e. The molecule has 0 aliphatic heterocycles. The summed E-state index contributed by atoms with van der Waals surface area (Å²) in [6.45, 7) is 2.12. The summed E-state index contributed by atoms with van der Waals surface area (Å²) >= 11 is 1.66. The highest BCUT2D eigenvalue weighted by Crippen LogP contribution is 2.22. The van der Waals surface area contributed by atoms with Gasteiger partial charge in [0.05, 0.1) is 15.2 Å². The molecular weight excluding hydrogens is 292 g/mol. The maximum atomic E-state index is 12.0. The first kappa shape index (κ1) is 14.7. The van der Waals surface area contributed by atoms with Gasteiger partial charge in [-0.3, -0.25) is 4.79 Å². The van der Waals surface area contributed by atoms with Gasteiger partial charge in [0.15, 0.2) is 0 Å². The van der Waals surface area contributed by atoms with Crippen LogP contribution in [0, 0.1) is 0 Å². The van der Waals surface area contributed by atoms with Crippen molar-refractivity contribution >= 4 is 33.1 Å². The van der Waals surface area contributed by atoms with E-state index >= 15 is 0 Å². The standard InChI is InChI=1S/C18H18N2OS/c1-2-13-7-9-14(10-8-13)19-17(21)11-12-18-20-15-5-3-4-6-16(15)22-18/h3-10H,2,11-12H2,1H3,(H,19,21). The zero-order valence-electron chi connectivity index (χ0n) is 12.5. The Balaban J connectivity index is 1.57. The fourth-order valence-corrected chi connectivity index (χ4v) is 3.26. The monoisotopic (exact) mass is 310 g/mol. The number of thiazole rings is 1. The Hall–Kier alpha value is -2.20. The summed E-state index contributed by atoms with van der Waals surface area (Å²) < 4.78 is 1.17. The number of para-hydroxylation sites is 1. The Labute approximate surface area is 134 Å². The number of hydrogen-bond acceptors (Lipinski definition) is 3. The van der Waals surface area contributed by atoms with Gasteiger partial charge in [-0.05, 0) is 36.2 Å². The van der Waals surface area contributed by atoms with Crippen LogP contribution in [0.3, 0.4) is 0 Å². The van der Waals surface area contributed by atoms with Gasteiger partial charge in [0, 0.05) is 18.5 Å². The summed E-state index contributed by atoms with van der Waals surface area (Å²) in [7, 11) is 0. The van der Waals surface area contributed by atoms with Crippen molar-refractivity contribution in [1.29, 1.82) is 0 Å². The molecule has 2 aromatic carbocycles. The molecule has 0 spiro atoms. The number of carbonyl (C=O) groups excluding carboxylic acids is 1. The van der Waals surface area contributed by atoms with Crippen molar-refractivity contribution < 1.29 is 4.79 Å². The van der Waals surface area contributed by atoms with Gasteiger partial charge in [0.1, 0.15) is 0 Å². The highest BCUT2D eigenvalue weighted by atomic mass is 32.1. The van der Waals surface area contributed by atoms with E-state index in [4.69, 9.17) is 0 Å². The number of nitrogens with one attached hydrogen (secondary N) is 1. The van der Waals surface area contributed by atoms with Crippen LogP contribution in [0.5, 0.6) is 0 Å². The molecule has 0 saturated heterocycles. The lowest BCUT2D eigenvalue weighted by molar-refractivity contribution is -0.116. The van der Waals surface area contributed by atoms with Gasteiger partial charge in [-0.15, -0.1) is 11.3 Å². The van der Waals surface area contributed by atoms with Crippen LogP contribution < -0.4 is 5.32 Å².